The molecule has 1 aliphatic heterocycles. The first kappa shape index (κ1) is 20.9. The van der Waals surface area contributed by atoms with Crippen molar-refractivity contribution >= 4 is 11.9 Å². The highest BCUT2D eigenvalue weighted by Gasteiger charge is 2.26. The van der Waals surface area contributed by atoms with Gasteiger partial charge in [0, 0.05) is 25.2 Å². The van der Waals surface area contributed by atoms with Crippen molar-refractivity contribution in [3.05, 3.63) is 41.5 Å². The van der Waals surface area contributed by atoms with E-state index in [2.05, 4.69) is 0 Å². The van der Waals surface area contributed by atoms with E-state index in [0.717, 1.165) is 0 Å². The molecule has 0 bridgehead atoms. The van der Waals surface area contributed by atoms with Crippen LogP contribution in [-0.4, -0.2) is 79.3 Å². The average molecular weight is 376 g/mol. The molecule has 1 unspecified atom stereocenters. The molecular weight excluding hydrogens is 348 g/mol. The van der Waals surface area contributed by atoms with Gasteiger partial charge in [0.05, 0.1) is 19.3 Å². The number of rotatable bonds is 8. The summed E-state index contributed by atoms with van der Waals surface area (Å²) in [6, 6.07) is 7.17. The van der Waals surface area contributed by atoms with Crippen LogP contribution in [0.4, 0.5) is 0 Å². The van der Waals surface area contributed by atoms with Crippen molar-refractivity contribution in [2.75, 3.05) is 46.4 Å². The molecule has 0 saturated carbocycles. The van der Waals surface area contributed by atoms with Crippen LogP contribution < -0.4 is 4.74 Å². The number of benzene rings is 1. The van der Waals surface area contributed by atoms with Crippen LogP contribution in [0, 0.1) is 0 Å². The van der Waals surface area contributed by atoms with Crippen molar-refractivity contribution < 1.29 is 24.2 Å². The Kier molecular flexibility index (Phi) is 7.82. The molecule has 1 N–H and O–H groups in total. The molecule has 1 aromatic carbocycles. The van der Waals surface area contributed by atoms with E-state index in [4.69, 9.17) is 14.6 Å². The third-order valence-electron chi connectivity index (χ3n) is 4.17. The van der Waals surface area contributed by atoms with Gasteiger partial charge in [0.1, 0.15) is 12.4 Å². The fourth-order valence-corrected chi connectivity index (χ4v) is 2.86. The Morgan fingerprint density at radius 2 is 2.19 bits per heavy atom. The Morgan fingerprint density at radius 3 is 2.89 bits per heavy atom. The second kappa shape index (κ2) is 10.1. The third-order valence-corrected chi connectivity index (χ3v) is 4.17. The van der Waals surface area contributed by atoms with Crippen LogP contribution in [0.25, 0.3) is 0 Å². The largest absolute Gasteiger partial charge is 0.490 e. The molecule has 0 radical (unpaired) electrons. The number of hydrogen-bond acceptors (Lipinski definition) is 5. The molecule has 0 aromatic heterocycles. The maximum absolute atomic E-state index is 12.8. The number of carbonyl (C=O) groups excluding carboxylic acids is 1. The maximum Gasteiger partial charge on any atom is 0.317 e. The molecule has 2 rings (SSSR count). The van der Waals surface area contributed by atoms with E-state index in [1.165, 1.54) is 5.57 Å². The van der Waals surface area contributed by atoms with Crippen molar-refractivity contribution in [2.24, 2.45) is 0 Å². The molecule has 1 aromatic rings. The van der Waals surface area contributed by atoms with Crippen molar-refractivity contribution in [2.45, 2.75) is 20.0 Å². The van der Waals surface area contributed by atoms with Crippen LogP contribution >= 0.6 is 0 Å². The first-order valence-electron chi connectivity index (χ1n) is 9.02. The van der Waals surface area contributed by atoms with Crippen molar-refractivity contribution in [1.29, 1.82) is 0 Å². The number of likely N-dealkylation sites (N-methyl/N-ethyl adjacent to an activating group) is 1. The highest BCUT2D eigenvalue weighted by atomic mass is 16.5. The lowest BCUT2D eigenvalue weighted by Gasteiger charge is -2.34. The van der Waals surface area contributed by atoms with Crippen molar-refractivity contribution in [3.8, 4) is 5.75 Å². The second-order valence-corrected chi connectivity index (χ2v) is 6.95. The van der Waals surface area contributed by atoms with Gasteiger partial charge in [-0.1, -0.05) is 11.6 Å². The SMILES string of the molecule is CC(C)=CCOc1cccc(C(=O)N2CCOC(CN(C)CC(=O)O)C2)c1. The summed E-state index contributed by atoms with van der Waals surface area (Å²) in [4.78, 5) is 27.1. The molecule has 1 fully saturated rings. The molecule has 1 saturated heterocycles. The number of carboxylic acid groups (broad SMARTS) is 1. The fourth-order valence-electron chi connectivity index (χ4n) is 2.86. The highest BCUT2D eigenvalue weighted by molar-refractivity contribution is 5.94. The van der Waals surface area contributed by atoms with Gasteiger partial charge < -0.3 is 19.5 Å². The van der Waals surface area contributed by atoms with Crippen LogP contribution in [0.15, 0.2) is 35.9 Å². The Hall–Kier alpha value is -2.38. The van der Waals surface area contributed by atoms with E-state index < -0.39 is 5.97 Å². The van der Waals surface area contributed by atoms with E-state index in [9.17, 15) is 9.59 Å². The van der Waals surface area contributed by atoms with Crippen LogP contribution in [0.1, 0.15) is 24.2 Å². The number of carboxylic acids is 1. The minimum absolute atomic E-state index is 0.0567. The van der Waals surface area contributed by atoms with Gasteiger partial charge in [-0.25, -0.2) is 0 Å². The smallest absolute Gasteiger partial charge is 0.317 e. The lowest BCUT2D eigenvalue weighted by molar-refractivity contribution is -0.138. The zero-order valence-electron chi connectivity index (χ0n) is 16.2. The van der Waals surface area contributed by atoms with Crippen LogP contribution in [0.5, 0.6) is 5.75 Å². The van der Waals surface area contributed by atoms with Crippen molar-refractivity contribution in [1.82, 2.24) is 9.80 Å². The summed E-state index contributed by atoms with van der Waals surface area (Å²) in [6.45, 7) is 6.27. The number of hydrogen-bond donors (Lipinski definition) is 1. The molecule has 0 spiro atoms. The van der Waals surface area contributed by atoms with Crippen LogP contribution in [0.2, 0.25) is 0 Å². The Bertz CT molecular complexity index is 685. The number of aliphatic carboxylic acids is 1. The van der Waals surface area contributed by atoms with Gasteiger partial charge >= 0.3 is 5.97 Å². The Balaban J connectivity index is 1.96. The quantitative estimate of drug-likeness (QED) is 0.698. The number of allylic oxidation sites excluding steroid dienone is 1. The predicted molar refractivity (Wildman–Crippen MR) is 102 cm³/mol. The Morgan fingerprint density at radius 1 is 1.41 bits per heavy atom. The van der Waals surface area contributed by atoms with Crippen molar-refractivity contribution in [3.63, 3.8) is 0 Å². The molecule has 1 amide bonds. The first-order valence-corrected chi connectivity index (χ1v) is 9.02. The van der Waals surface area contributed by atoms with Gasteiger partial charge in [-0.3, -0.25) is 14.5 Å². The molecule has 7 nitrogen and oxygen atoms in total. The number of nitrogens with zero attached hydrogens (tertiary/aromatic N) is 2. The minimum atomic E-state index is -0.883. The summed E-state index contributed by atoms with van der Waals surface area (Å²) in [6.07, 6.45) is 1.78. The number of amides is 1. The van der Waals surface area contributed by atoms with E-state index in [0.29, 0.717) is 44.2 Å². The summed E-state index contributed by atoms with van der Waals surface area (Å²) in [5, 5.41) is 8.86. The number of ether oxygens (including phenoxy) is 2. The zero-order valence-corrected chi connectivity index (χ0v) is 16.2. The molecule has 0 aliphatic carbocycles. The van der Waals surface area contributed by atoms with E-state index >= 15 is 0 Å². The molecule has 1 atom stereocenters. The molecule has 27 heavy (non-hydrogen) atoms. The van der Waals surface area contributed by atoms with Gasteiger partial charge in [-0.2, -0.15) is 0 Å². The van der Waals surface area contributed by atoms with Crippen LogP contribution in [0.3, 0.4) is 0 Å². The van der Waals surface area contributed by atoms with Gasteiger partial charge in [0.2, 0.25) is 0 Å². The molecule has 1 aliphatic rings. The first-order chi connectivity index (χ1) is 12.8. The number of morpholine rings is 1. The molecule has 148 valence electrons. The van der Waals surface area contributed by atoms with E-state index in [1.54, 1.807) is 29.0 Å². The molecule has 1 heterocycles. The normalized spacial score (nSPS) is 16.9. The summed E-state index contributed by atoms with van der Waals surface area (Å²) < 4.78 is 11.4. The Labute approximate surface area is 160 Å². The summed E-state index contributed by atoms with van der Waals surface area (Å²) >= 11 is 0. The van der Waals surface area contributed by atoms with Gasteiger partial charge in [-0.05, 0) is 45.2 Å². The average Bonchev–Trinajstić information content (AvgIpc) is 2.60. The zero-order chi connectivity index (χ0) is 19.8. The summed E-state index contributed by atoms with van der Waals surface area (Å²) in [7, 11) is 1.73. The van der Waals surface area contributed by atoms with E-state index in [1.807, 2.05) is 32.1 Å². The molecule has 7 heteroatoms. The standard InChI is InChI=1S/C20H28N2O5/c1-15(2)7-9-26-17-6-4-5-16(11-17)20(25)22-8-10-27-18(13-22)12-21(3)14-19(23)24/h4-7,11,18H,8-10,12-14H2,1-3H3,(H,23,24). The topological polar surface area (TPSA) is 79.3 Å². The number of carbonyl (C=O) groups is 2. The fraction of sp³-hybridized carbons (Fsp3) is 0.500. The lowest BCUT2D eigenvalue weighted by atomic mass is 10.1. The summed E-state index contributed by atoms with van der Waals surface area (Å²) in [5.41, 5.74) is 1.75. The summed E-state index contributed by atoms with van der Waals surface area (Å²) in [5.74, 6) is -0.299. The van der Waals surface area contributed by atoms with Gasteiger partial charge in [0.15, 0.2) is 0 Å². The highest BCUT2D eigenvalue weighted by Crippen LogP contribution is 2.17. The molecular formula is C20H28N2O5. The van der Waals surface area contributed by atoms with Gasteiger partial charge in [-0.15, -0.1) is 0 Å². The van der Waals surface area contributed by atoms with Crippen LogP contribution in [-0.2, 0) is 9.53 Å². The predicted octanol–water partition coefficient (Wildman–Crippen LogP) is 1.89. The maximum atomic E-state index is 12.8. The van der Waals surface area contributed by atoms with E-state index in [-0.39, 0.29) is 18.6 Å². The second-order valence-electron chi connectivity index (χ2n) is 6.95. The minimum Gasteiger partial charge on any atom is -0.490 e. The monoisotopic (exact) mass is 376 g/mol. The third kappa shape index (κ3) is 7.03. The van der Waals surface area contributed by atoms with Gasteiger partial charge in [0.25, 0.3) is 5.91 Å². The lowest BCUT2D eigenvalue weighted by Crippen LogP contribution is -2.49.